The number of aromatic nitrogens is 2. The summed E-state index contributed by atoms with van der Waals surface area (Å²) in [5, 5.41) is 4.61. The third-order valence-corrected chi connectivity index (χ3v) is 5.11. The van der Waals surface area contributed by atoms with Crippen LogP contribution in [0, 0.1) is 5.92 Å². The first-order chi connectivity index (χ1) is 12.1. The molecule has 0 bridgehead atoms. The highest BCUT2D eigenvalue weighted by molar-refractivity contribution is 5.92. The number of aryl methyl sites for hydroxylation is 1. The van der Waals surface area contributed by atoms with E-state index in [1.807, 2.05) is 22.6 Å². The van der Waals surface area contributed by atoms with Crippen molar-refractivity contribution in [1.29, 1.82) is 0 Å². The fourth-order valence-corrected chi connectivity index (χ4v) is 3.77. The van der Waals surface area contributed by atoms with E-state index in [2.05, 4.69) is 23.8 Å². The Labute approximate surface area is 151 Å². The molecule has 1 aromatic rings. The molecule has 1 amide bonds. The van der Waals surface area contributed by atoms with Gasteiger partial charge in [-0.25, -0.2) is 0 Å². The van der Waals surface area contributed by atoms with Gasteiger partial charge < -0.3 is 9.64 Å². The molecule has 0 radical (unpaired) electrons. The van der Waals surface area contributed by atoms with Crippen LogP contribution in [0.5, 0.6) is 0 Å². The fourth-order valence-electron chi connectivity index (χ4n) is 3.77. The molecule has 25 heavy (non-hydrogen) atoms. The Morgan fingerprint density at radius 3 is 2.68 bits per heavy atom. The smallest absolute Gasteiger partial charge is 0.272 e. The number of carbonyl (C=O) groups is 1. The maximum atomic E-state index is 13.0. The Morgan fingerprint density at radius 2 is 2.08 bits per heavy atom. The van der Waals surface area contributed by atoms with Crippen LogP contribution in [0.4, 0.5) is 0 Å². The van der Waals surface area contributed by atoms with Gasteiger partial charge in [0.25, 0.3) is 5.91 Å². The number of hydrogen-bond acceptors (Lipinski definition) is 4. The maximum absolute atomic E-state index is 13.0. The monoisotopic (exact) mass is 348 g/mol. The van der Waals surface area contributed by atoms with Gasteiger partial charge in [-0.15, -0.1) is 0 Å². The first-order valence-corrected chi connectivity index (χ1v) is 9.76. The molecule has 0 spiro atoms. The number of hydrogen-bond donors (Lipinski definition) is 0. The van der Waals surface area contributed by atoms with E-state index in [0.29, 0.717) is 12.0 Å². The van der Waals surface area contributed by atoms with Crippen LogP contribution in [0.1, 0.15) is 49.8 Å². The average Bonchev–Trinajstić information content (AvgIpc) is 3.24. The van der Waals surface area contributed by atoms with Gasteiger partial charge in [-0.05, 0) is 38.2 Å². The molecule has 1 atom stereocenters. The summed E-state index contributed by atoms with van der Waals surface area (Å²) >= 11 is 0. The lowest BCUT2D eigenvalue weighted by molar-refractivity contribution is 0.0426. The molecule has 0 aromatic carbocycles. The molecule has 0 saturated carbocycles. The van der Waals surface area contributed by atoms with E-state index >= 15 is 0 Å². The predicted molar refractivity (Wildman–Crippen MR) is 97.8 cm³/mol. The molecular formula is C19H32N4O2. The summed E-state index contributed by atoms with van der Waals surface area (Å²) in [6.07, 6.45) is 3.67. The third kappa shape index (κ3) is 4.61. The summed E-state index contributed by atoms with van der Waals surface area (Å²) in [5.41, 5.74) is 1.77. The van der Waals surface area contributed by atoms with Crippen molar-refractivity contribution in [3.05, 3.63) is 17.5 Å². The second-order valence-corrected chi connectivity index (χ2v) is 7.66. The molecule has 2 fully saturated rings. The van der Waals surface area contributed by atoms with Gasteiger partial charge >= 0.3 is 0 Å². The van der Waals surface area contributed by atoms with Crippen LogP contribution in [-0.4, -0.2) is 70.9 Å². The Bertz CT molecular complexity index is 570. The number of carbonyl (C=O) groups excluding carboxylic acids is 1. The van der Waals surface area contributed by atoms with Gasteiger partial charge in [0, 0.05) is 45.9 Å². The van der Waals surface area contributed by atoms with E-state index in [1.165, 1.54) is 12.8 Å². The van der Waals surface area contributed by atoms with Crippen LogP contribution < -0.4 is 0 Å². The lowest BCUT2D eigenvalue weighted by Gasteiger charge is -2.35. The zero-order valence-electron chi connectivity index (χ0n) is 15.9. The summed E-state index contributed by atoms with van der Waals surface area (Å²) < 4.78 is 7.59. The van der Waals surface area contributed by atoms with Gasteiger partial charge in [-0.3, -0.25) is 14.4 Å². The van der Waals surface area contributed by atoms with Crippen molar-refractivity contribution in [2.75, 3.05) is 39.3 Å². The summed E-state index contributed by atoms with van der Waals surface area (Å²) in [7, 11) is 0. The van der Waals surface area contributed by atoms with Crippen molar-refractivity contribution >= 4 is 5.91 Å². The zero-order valence-corrected chi connectivity index (χ0v) is 15.9. The van der Waals surface area contributed by atoms with E-state index < -0.39 is 0 Å². The maximum Gasteiger partial charge on any atom is 0.272 e. The van der Waals surface area contributed by atoms with E-state index in [4.69, 9.17) is 4.74 Å². The quantitative estimate of drug-likeness (QED) is 0.789. The molecule has 6 nitrogen and oxygen atoms in total. The van der Waals surface area contributed by atoms with Crippen LogP contribution in [-0.2, 0) is 17.7 Å². The van der Waals surface area contributed by atoms with E-state index in [1.54, 1.807) is 0 Å². The van der Waals surface area contributed by atoms with Gasteiger partial charge in [-0.2, -0.15) is 5.10 Å². The number of rotatable bonds is 6. The highest BCUT2D eigenvalue weighted by Gasteiger charge is 2.27. The first-order valence-electron chi connectivity index (χ1n) is 9.76. The normalized spacial score (nSPS) is 22.1. The molecule has 140 valence electrons. The molecule has 2 saturated heterocycles. The van der Waals surface area contributed by atoms with Crippen LogP contribution >= 0.6 is 0 Å². The largest absolute Gasteiger partial charge is 0.377 e. The topological polar surface area (TPSA) is 50.6 Å². The van der Waals surface area contributed by atoms with Gasteiger partial charge in [0.2, 0.25) is 0 Å². The first kappa shape index (κ1) is 18.4. The van der Waals surface area contributed by atoms with Gasteiger partial charge in [-0.1, -0.05) is 13.8 Å². The average molecular weight is 348 g/mol. The number of nitrogens with zero attached hydrogens (tertiary/aromatic N) is 4. The number of piperazine rings is 1. The third-order valence-electron chi connectivity index (χ3n) is 5.11. The van der Waals surface area contributed by atoms with Crippen molar-refractivity contribution < 1.29 is 9.53 Å². The molecule has 1 aromatic heterocycles. The SMILES string of the molecule is CCn1nc(CC(C)C)cc1C(=O)N1CCN(C[C@H]2CCCO2)CC1. The van der Waals surface area contributed by atoms with Crippen molar-refractivity contribution in [1.82, 2.24) is 19.6 Å². The lowest BCUT2D eigenvalue weighted by Crippen LogP contribution is -2.50. The number of amides is 1. The second kappa shape index (κ2) is 8.32. The number of ether oxygens (including phenoxy) is 1. The van der Waals surface area contributed by atoms with Crippen molar-refractivity contribution in [3.8, 4) is 0 Å². The molecule has 2 aliphatic rings. The molecule has 0 unspecified atom stereocenters. The van der Waals surface area contributed by atoms with Gasteiger partial charge in [0.15, 0.2) is 0 Å². The molecule has 0 N–H and O–H groups in total. The molecule has 3 rings (SSSR count). The molecule has 6 heteroatoms. The van der Waals surface area contributed by atoms with Gasteiger partial charge in [0.1, 0.15) is 5.69 Å². The summed E-state index contributed by atoms with van der Waals surface area (Å²) in [5.74, 6) is 0.672. The van der Waals surface area contributed by atoms with Crippen molar-refractivity contribution in [2.24, 2.45) is 5.92 Å². The van der Waals surface area contributed by atoms with Crippen LogP contribution in [0.25, 0.3) is 0 Å². The zero-order chi connectivity index (χ0) is 17.8. The Morgan fingerprint density at radius 1 is 1.32 bits per heavy atom. The van der Waals surface area contributed by atoms with Gasteiger partial charge in [0.05, 0.1) is 11.8 Å². The van der Waals surface area contributed by atoms with Crippen molar-refractivity contribution in [3.63, 3.8) is 0 Å². The minimum Gasteiger partial charge on any atom is -0.377 e. The lowest BCUT2D eigenvalue weighted by atomic mass is 10.1. The van der Waals surface area contributed by atoms with Crippen LogP contribution in [0.15, 0.2) is 6.07 Å². The Kier molecular flexibility index (Phi) is 6.12. The molecule has 3 heterocycles. The highest BCUT2D eigenvalue weighted by atomic mass is 16.5. The minimum absolute atomic E-state index is 0.126. The minimum atomic E-state index is 0.126. The highest BCUT2D eigenvalue weighted by Crippen LogP contribution is 2.16. The summed E-state index contributed by atoms with van der Waals surface area (Å²) in [6, 6.07) is 1.99. The predicted octanol–water partition coefficient (Wildman–Crippen LogP) is 2.04. The Balaban J connectivity index is 1.57. The Hall–Kier alpha value is -1.40. The second-order valence-electron chi connectivity index (χ2n) is 7.66. The molecular weight excluding hydrogens is 316 g/mol. The van der Waals surface area contributed by atoms with E-state index in [9.17, 15) is 4.79 Å². The standard InChI is InChI=1S/C19H32N4O2/c1-4-23-18(13-16(20-23)12-15(2)3)19(24)22-9-7-21(8-10-22)14-17-6-5-11-25-17/h13,15,17H,4-12,14H2,1-3H3/t17-/m1/s1. The summed E-state index contributed by atoms with van der Waals surface area (Å²) in [6.45, 7) is 12.5. The fraction of sp³-hybridized carbons (Fsp3) is 0.789. The van der Waals surface area contributed by atoms with E-state index in [0.717, 1.165) is 63.7 Å². The molecule has 0 aliphatic carbocycles. The summed E-state index contributed by atoms with van der Waals surface area (Å²) in [4.78, 5) is 17.4. The van der Waals surface area contributed by atoms with E-state index in [-0.39, 0.29) is 5.91 Å². The molecule has 2 aliphatic heterocycles. The van der Waals surface area contributed by atoms with Crippen molar-refractivity contribution in [2.45, 2.75) is 52.7 Å². The van der Waals surface area contributed by atoms with Crippen LogP contribution in [0.3, 0.4) is 0 Å². The van der Waals surface area contributed by atoms with Crippen LogP contribution in [0.2, 0.25) is 0 Å².